The van der Waals surface area contributed by atoms with Gasteiger partial charge in [-0.05, 0) is 69.2 Å². The summed E-state index contributed by atoms with van der Waals surface area (Å²) >= 11 is 0. The van der Waals surface area contributed by atoms with Crippen molar-refractivity contribution >= 4 is 28.6 Å². The Balaban J connectivity index is 1.23. The summed E-state index contributed by atoms with van der Waals surface area (Å²) in [7, 11) is 1.81. The number of carbonyl (C=O) groups is 1. The molecule has 4 aromatic rings. The van der Waals surface area contributed by atoms with Crippen molar-refractivity contribution in [2.75, 3.05) is 18.4 Å². The summed E-state index contributed by atoms with van der Waals surface area (Å²) in [5, 5.41) is 6.03. The molecule has 0 bridgehead atoms. The number of anilines is 2. The third-order valence-corrected chi connectivity index (χ3v) is 7.55. The van der Waals surface area contributed by atoms with Gasteiger partial charge in [0, 0.05) is 56.2 Å². The van der Waals surface area contributed by atoms with E-state index in [1.165, 1.54) is 37.6 Å². The van der Waals surface area contributed by atoms with Gasteiger partial charge in [-0.3, -0.25) is 14.7 Å². The first kappa shape index (κ1) is 28.4. The Morgan fingerprint density at radius 3 is 2.44 bits per heavy atom. The van der Waals surface area contributed by atoms with Crippen molar-refractivity contribution in [1.29, 1.82) is 0 Å². The summed E-state index contributed by atoms with van der Waals surface area (Å²) in [6.45, 7) is 5.81. The maximum absolute atomic E-state index is 12.9. The number of imidazole rings is 1. The molecule has 1 fully saturated rings. The highest BCUT2D eigenvalue weighted by atomic mass is 19.4. The van der Waals surface area contributed by atoms with Crippen LogP contribution in [0.2, 0.25) is 0 Å². The van der Waals surface area contributed by atoms with E-state index < -0.39 is 11.7 Å². The first-order valence-electron chi connectivity index (χ1n) is 13.7. The minimum atomic E-state index is -4.39. The van der Waals surface area contributed by atoms with Crippen molar-refractivity contribution in [2.24, 2.45) is 7.05 Å². The summed E-state index contributed by atoms with van der Waals surface area (Å²) < 4.78 is 46.4. The molecule has 2 aromatic heterocycles. The monoisotopic (exact) mass is 566 g/mol. The quantitative estimate of drug-likeness (QED) is 0.253. The van der Waals surface area contributed by atoms with Gasteiger partial charge in [-0.1, -0.05) is 6.42 Å². The van der Waals surface area contributed by atoms with Gasteiger partial charge in [0.05, 0.1) is 16.6 Å². The predicted octanol–water partition coefficient (Wildman–Crippen LogP) is 6.52. The molecule has 1 saturated heterocycles. The van der Waals surface area contributed by atoms with E-state index in [0.29, 0.717) is 47.3 Å². The van der Waals surface area contributed by atoms with E-state index in [1.54, 1.807) is 28.8 Å². The van der Waals surface area contributed by atoms with E-state index >= 15 is 0 Å². The summed E-state index contributed by atoms with van der Waals surface area (Å²) in [5.41, 5.74) is 1.47. The van der Waals surface area contributed by atoms with Crippen molar-refractivity contribution in [3.63, 3.8) is 0 Å². The number of aryl methyl sites for hydroxylation is 1. The van der Waals surface area contributed by atoms with Gasteiger partial charge in [0.2, 0.25) is 5.95 Å². The molecular weight excluding hydrogens is 533 g/mol. The lowest BCUT2D eigenvalue weighted by atomic mass is 9.98. The Morgan fingerprint density at radius 2 is 1.73 bits per heavy atom. The summed E-state index contributed by atoms with van der Waals surface area (Å²) in [6.07, 6.45) is 0.748. The Labute approximate surface area is 236 Å². The third-order valence-electron chi connectivity index (χ3n) is 7.55. The maximum atomic E-state index is 12.9. The second-order valence-electron chi connectivity index (χ2n) is 10.4. The molecule has 1 aliphatic rings. The van der Waals surface area contributed by atoms with Crippen LogP contribution in [-0.4, -0.2) is 50.5 Å². The molecule has 0 saturated carbocycles. The number of halogens is 3. The SMILES string of the molecule is CC1CCCC(C)N1CCNC(=O)c1cc(Oc2ccc3c(c2)nc(Nc2ccc(C(F)(F)F)cc2)n3C)ccn1. The van der Waals surface area contributed by atoms with Crippen LogP contribution in [0.5, 0.6) is 11.5 Å². The smallest absolute Gasteiger partial charge is 0.416 e. The zero-order valence-corrected chi connectivity index (χ0v) is 23.2. The highest BCUT2D eigenvalue weighted by Crippen LogP contribution is 2.31. The van der Waals surface area contributed by atoms with Crippen LogP contribution in [0.25, 0.3) is 11.0 Å². The minimum Gasteiger partial charge on any atom is -0.457 e. The van der Waals surface area contributed by atoms with Crippen LogP contribution in [0, 0.1) is 0 Å². The molecule has 3 heterocycles. The first-order chi connectivity index (χ1) is 19.6. The van der Waals surface area contributed by atoms with Gasteiger partial charge < -0.3 is 19.9 Å². The summed E-state index contributed by atoms with van der Waals surface area (Å²) in [4.78, 5) is 24.0. The molecule has 2 unspecified atom stereocenters. The normalized spacial score (nSPS) is 17.9. The van der Waals surface area contributed by atoms with Gasteiger partial charge in [-0.25, -0.2) is 4.98 Å². The summed E-state index contributed by atoms with van der Waals surface area (Å²) in [5.74, 6) is 1.18. The lowest BCUT2D eigenvalue weighted by molar-refractivity contribution is -0.137. The Bertz CT molecular complexity index is 1510. The average molecular weight is 567 g/mol. The Hall–Kier alpha value is -4.12. The van der Waals surface area contributed by atoms with Crippen LogP contribution >= 0.6 is 0 Å². The van der Waals surface area contributed by atoms with Crippen molar-refractivity contribution < 1.29 is 22.7 Å². The van der Waals surface area contributed by atoms with E-state index in [2.05, 4.69) is 39.3 Å². The van der Waals surface area contributed by atoms with Gasteiger partial charge in [0.15, 0.2) is 0 Å². The number of benzene rings is 2. The number of amides is 1. The van der Waals surface area contributed by atoms with Crippen molar-refractivity contribution in [3.8, 4) is 11.5 Å². The molecule has 5 rings (SSSR count). The molecule has 0 aliphatic carbocycles. The first-order valence-corrected chi connectivity index (χ1v) is 13.7. The second kappa shape index (κ2) is 11.8. The molecule has 0 radical (unpaired) electrons. The molecule has 1 amide bonds. The number of fused-ring (bicyclic) bond motifs is 1. The average Bonchev–Trinajstić information content (AvgIpc) is 3.24. The predicted molar refractivity (Wildman–Crippen MR) is 152 cm³/mol. The van der Waals surface area contributed by atoms with E-state index in [1.807, 2.05) is 13.1 Å². The van der Waals surface area contributed by atoms with Gasteiger partial charge in [-0.2, -0.15) is 13.2 Å². The van der Waals surface area contributed by atoms with Crippen LogP contribution < -0.4 is 15.4 Å². The van der Waals surface area contributed by atoms with Crippen LogP contribution in [0.15, 0.2) is 60.8 Å². The number of carbonyl (C=O) groups excluding carboxylic acids is 1. The standard InChI is InChI=1S/C30H33F3N6O2/c1-19-5-4-6-20(2)39(19)16-15-35-28(40)26-18-24(13-14-34-26)41-23-11-12-27-25(17-23)37-29(38(27)3)36-22-9-7-21(8-10-22)30(31,32)33/h7-14,17-20H,4-6,15-16H2,1-3H3,(H,35,40)(H,36,37). The number of alkyl halides is 3. The Kier molecular flexibility index (Phi) is 8.16. The zero-order valence-electron chi connectivity index (χ0n) is 23.2. The Morgan fingerprint density at radius 1 is 1.02 bits per heavy atom. The number of pyridine rings is 1. The molecule has 41 heavy (non-hydrogen) atoms. The highest BCUT2D eigenvalue weighted by molar-refractivity contribution is 5.92. The number of aromatic nitrogens is 3. The van der Waals surface area contributed by atoms with Gasteiger partial charge in [0.25, 0.3) is 5.91 Å². The molecule has 2 atom stereocenters. The number of piperidine rings is 1. The molecule has 1 aliphatic heterocycles. The molecule has 8 nitrogen and oxygen atoms in total. The van der Waals surface area contributed by atoms with Crippen LogP contribution in [0.3, 0.4) is 0 Å². The van der Waals surface area contributed by atoms with Crippen LogP contribution in [0.4, 0.5) is 24.8 Å². The fourth-order valence-electron chi connectivity index (χ4n) is 5.27. The van der Waals surface area contributed by atoms with E-state index in [9.17, 15) is 18.0 Å². The molecule has 2 N–H and O–H groups in total. The maximum Gasteiger partial charge on any atom is 0.416 e. The molecule has 0 spiro atoms. The number of hydrogen-bond donors (Lipinski definition) is 2. The van der Waals surface area contributed by atoms with E-state index in [0.717, 1.165) is 24.2 Å². The van der Waals surface area contributed by atoms with E-state index in [-0.39, 0.29) is 11.6 Å². The van der Waals surface area contributed by atoms with Crippen molar-refractivity contribution in [2.45, 2.75) is 51.4 Å². The summed E-state index contributed by atoms with van der Waals surface area (Å²) in [6, 6.07) is 14.5. The molecule has 11 heteroatoms. The number of hydrogen-bond acceptors (Lipinski definition) is 6. The zero-order chi connectivity index (χ0) is 29.1. The minimum absolute atomic E-state index is 0.257. The number of ether oxygens (including phenoxy) is 1. The van der Waals surface area contributed by atoms with Crippen LogP contribution in [0.1, 0.15) is 49.2 Å². The molecule has 2 aromatic carbocycles. The molecular formula is C30H33F3N6O2. The lowest BCUT2D eigenvalue weighted by Gasteiger charge is -2.39. The largest absolute Gasteiger partial charge is 0.457 e. The second-order valence-corrected chi connectivity index (χ2v) is 10.4. The molecule has 216 valence electrons. The van der Waals surface area contributed by atoms with Crippen molar-refractivity contribution in [3.05, 3.63) is 72.1 Å². The van der Waals surface area contributed by atoms with Gasteiger partial charge >= 0.3 is 6.18 Å². The van der Waals surface area contributed by atoms with Crippen LogP contribution in [-0.2, 0) is 13.2 Å². The fourth-order valence-corrected chi connectivity index (χ4v) is 5.27. The number of nitrogens with zero attached hydrogens (tertiary/aromatic N) is 4. The highest BCUT2D eigenvalue weighted by Gasteiger charge is 2.30. The number of likely N-dealkylation sites (tertiary alicyclic amines) is 1. The van der Waals surface area contributed by atoms with Gasteiger partial charge in [0.1, 0.15) is 17.2 Å². The fraction of sp³-hybridized carbons (Fsp3) is 0.367. The van der Waals surface area contributed by atoms with Gasteiger partial charge in [-0.15, -0.1) is 0 Å². The third kappa shape index (κ3) is 6.62. The number of nitrogens with one attached hydrogen (secondary N) is 2. The number of rotatable bonds is 8. The van der Waals surface area contributed by atoms with Crippen molar-refractivity contribution in [1.82, 2.24) is 24.8 Å². The topological polar surface area (TPSA) is 84.3 Å². The lowest BCUT2D eigenvalue weighted by Crippen LogP contribution is -2.47. The van der Waals surface area contributed by atoms with E-state index in [4.69, 9.17) is 4.74 Å².